The molecule has 0 atom stereocenters. The molecule has 6 nitrogen and oxygen atoms in total. The predicted molar refractivity (Wildman–Crippen MR) is 90.9 cm³/mol. The van der Waals surface area contributed by atoms with E-state index in [1.54, 1.807) is 31.4 Å². The normalized spacial score (nSPS) is 9.83. The maximum atomic E-state index is 11.9. The van der Waals surface area contributed by atoms with E-state index in [0.29, 0.717) is 11.4 Å². The van der Waals surface area contributed by atoms with Gasteiger partial charge < -0.3 is 20.7 Å². The fourth-order valence-electron chi connectivity index (χ4n) is 1.94. The van der Waals surface area contributed by atoms with Gasteiger partial charge in [0.25, 0.3) is 0 Å². The van der Waals surface area contributed by atoms with Gasteiger partial charge in [-0.05, 0) is 48.5 Å². The third kappa shape index (κ3) is 5.35. The molecule has 0 heterocycles. The van der Waals surface area contributed by atoms with Crippen LogP contribution in [0.2, 0.25) is 0 Å². The van der Waals surface area contributed by atoms with Crippen molar-refractivity contribution in [2.24, 2.45) is 0 Å². The second kappa shape index (κ2) is 7.84. The van der Waals surface area contributed by atoms with Crippen LogP contribution in [0.3, 0.4) is 0 Å². The van der Waals surface area contributed by atoms with Crippen LogP contribution in [-0.2, 0) is 9.59 Å². The number of anilines is 3. The van der Waals surface area contributed by atoms with Crippen molar-refractivity contribution in [3.8, 4) is 5.75 Å². The van der Waals surface area contributed by atoms with Gasteiger partial charge in [0.1, 0.15) is 5.75 Å². The van der Waals surface area contributed by atoms with Gasteiger partial charge in [0, 0.05) is 24.0 Å². The van der Waals surface area contributed by atoms with Crippen LogP contribution in [-0.4, -0.2) is 25.5 Å². The number of nitrogens with one attached hydrogen (secondary N) is 3. The molecule has 0 aliphatic rings. The zero-order valence-corrected chi connectivity index (χ0v) is 13.1. The van der Waals surface area contributed by atoms with E-state index >= 15 is 0 Å². The van der Waals surface area contributed by atoms with Crippen molar-refractivity contribution < 1.29 is 14.3 Å². The zero-order valence-electron chi connectivity index (χ0n) is 13.1. The average molecular weight is 313 g/mol. The molecule has 0 aromatic heterocycles. The van der Waals surface area contributed by atoms with Crippen LogP contribution in [0.4, 0.5) is 17.1 Å². The first-order valence-electron chi connectivity index (χ1n) is 7.12. The molecule has 2 rings (SSSR count). The third-order valence-electron chi connectivity index (χ3n) is 3.03. The monoisotopic (exact) mass is 313 g/mol. The number of methoxy groups -OCH3 is 1. The molecule has 0 radical (unpaired) electrons. The fraction of sp³-hybridized carbons (Fsp3) is 0.176. The van der Waals surface area contributed by atoms with Crippen molar-refractivity contribution in [2.75, 3.05) is 29.6 Å². The van der Waals surface area contributed by atoms with Gasteiger partial charge in [0.15, 0.2) is 0 Å². The van der Waals surface area contributed by atoms with E-state index in [9.17, 15) is 9.59 Å². The van der Waals surface area contributed by atoms with E-state index in [0.717, 1.165) is 11.4 Å². The molecule has 120 valence electrons. The fourth-order valence-corrected chi connectivity index (χ4v) is 1.94. The maximum absolute atomic E-state index is 11.9. The Morgan fingerprint density at radius 1 is 0.870 bits per heavy atom. The van der Waals surface area contributed by atoms with E-state index in [1.807, 2.05) is 24.3 Å². The van der Waals surface area contributed by atoms with E-state index < -0.39 is 0 Å². The van der Waals surface area contributed by atoms with Crippen molar-refractivity contribution in [1.29, 1.82) is 0 Å². The second-order valence-corrected chi connectivity index (χ2v) is 4.89. The topological polar surface area (TPSA) is 79.5 Å². The quantitative estimate of drug-likeness (QED) is 0.766. The molecule has 23 heavy (non-hydrogen) atoms. The first kappa shape index (κ1) is 16.4. The summed E-state index contributed by atoms with van der Waals surface area (Å²) in [5.74, 6) is 0.470. The average Bonchev–Trinajstić information content (AvgIpc) is 2.55. The van der Waals surface area contributed by atoms with Crippen molar-refractivity contribution in [1.82, 2.24) is 0 Å². The van der Waals surface area contributed by atoms with Crippen LogP contribution in [0.25, 0.3) is 0 Å². The van der Waals surface area contributed by atoms with Gasteiger partial charge in [-0.15, -0.1) is 0 Å². The predicted octanol–water partition coefficient (Wildman–Crippen LogP) is 2.70. The van der Waals surface area contributed by atoms with Crippen LogP contribution in [0.1, 0.15) is 6.92 Å². The summed E-state index contributed by atoms with van der Waals surface area (Å²) in [6, 6.07) is 14.2. The minimum atomic E-state index is -0.159. The Hall–Kier alpha value is -3.02. The van der Waals surface area contributed by atoms with E-state index in [-0.39, 0.29) is 18.4 Å². The number of ether oxygens (including phenoxy) is 1. The molecule has 0 saturated heterocycles. The Morgan fingerprint density at radius 3 is 1.91 bits per heavy atom. The number of hydrogen-bond donors (Lipinski definition) is 3. The summed E-state index contributed by atoms with van der Waals surface area (Å²) in [6.07, 6.45) is 0. The van der Waals surface area contributed by atoms with Crippen LogP contribution < -0.4 is 20.7 Å². The number of hydrogen-bond acceptors (Lipinski definition) is 4. The van der Waals surface area contributed by atoms with Crippen molar-refractivity contribution in [3.63, 3.8) is 0 Å². The van der Waals surface area contributed by atoms with Crippen molar-refractivity contribution in [2.45, 2.75) is 6.92 Å². The summed E-state index contributed by atoms with van der Waals surface area (Å²) in [7, 11) is 1.60. The number of carbonyl (C=O) groups excluding carboxylic acids is 2. The molecular formula is C17H19N3O3. The summed E-state index contributed by atoms with van der Waals surface area (Å²) < 4.78 is 5.07. The van der Waals surface area contributed by atoms with Gasteiger partial charge in [-0.25, -0.2) is 0 Å². The molecular weight excluding hydrogens is 294 g/mol. The molecule has 2 aromatic carbocycles. The molecule has 0 bridgehead atoms. The molecule has 0 spiro atoms. The minimum absolute atomic E-state index is 0.134. The smallest absolute Gasteiger partial charge is 0.243 e. The Balaban J connectivity index is 1.82. The lowest BCUT2D eigenvalue weighted by Crippen LogP contribution is -2.21. The van der Waals surface area contributed by atoms with E-state index in [4.69, 9.17) is 4.74 Å². The molecule has 6 heteroatoms. The third-order valence-corrected chi connectivity index (χ3v) is 3.03. The SMILES string of the molecule is COc1ccc(NCC(=O)Nc2ccc(NC(C)=O)cc2)cc1. The highest BCUT2D eigenvalue weighted by Crippen LogP contribution is 2.15. The summed E-state index contributed by atoms with van der Waals surface area (Å²) in [6.45, 7) is 1.60. The van der Waals surface area contributed by atoms with Gasteiger partial charge in [-0.2, -0.15) is 0 Å². The highest BCUT2D eigenvalue weighted by Gasteiger charge is 2.03. The standard InChI is InChI=1S/C17H19N3O3/c1-12(21)19-14-3-5-15(6-4-14)20-17(22)11-18-13-7-9-16(23-2)10-8-13/h3-10,18H,11H2,1-2H3,(H,19,21)(H,20,22). The van der Waals surface area contributed by atoms with Gasteiger partial charge >= 0.3 is 0 Å². The molecule has 0 unspecified atom stereocenters. The van der Waals surface area contributed by atoms with Crippen LogP contribution in [0, 0.1) is 0 Å². The lowest BCUT2D eigenvalue weighted by atomic mass is 10.2. The summed E-state index contributed by atoms with van der Waals surface area (Å²) in [5, 5.41) is 8.47. The Bertz CT molecular complexity index is 666. The highest BCUT2D eigenvalue weighted by molar-refractivity contribution is 5.94. The van der Waals surface area contributed by atoms with Crippen LogP contribution in [0.15, 0.2) is 48.5 Å². The van der Waals surface area contributed by atoms with Crippen molar-refractivity contribution >= 4 is 28.9 Å². The first-order valence-corrected chi connectivity index (χ1v) is 7.12. The van der Waals surface area contributed by atoms with Gasteiger partial charge in [-0.1, -0.05) is 0 Å². The molecule has 0 fully saturated rings. The molecule has 2 amide bonds. The van der Waals surface area contributed by atoms with E-state index in [2.05, 4.69) is 16.0 Å². The summed E-state index contributed by atoms with van der Waals surface area (Å²) in [4.78, 5) is 22.8. The van der Waals surface area contributed by atoms with Crippen molar-refractivity contribution in [3.05, 3.63) is 48.5 Å². The summed E-state index contributed by atoms with van der Waals surface area (Å²) >= 11 is 0. The van der Waals surface area contributed by atoms with Gasteiger partial charge in [-0.3, -0.25) is 9.59 Å². The van der Waals surface area contributed by atoms with Crippen LogP contribution in [0.5, 0.6) is 5.75 Å². The lowest BCUT2D eigenvalue weighted by molar-refractivity contribution is -0.115. The first-order chi connectivity index (χ1) is 11.1. The molecule has 0 aliphatic heterocycles. The number of rotatable bonds is 6. The second-order valence-electron chi connectivity index (χ2n) is 4.89. The largest absolute Gasteiger partial charge is 0.497 e. The van der Waals surface area contributed by atoms with Gasteiger partial charge in [0.2, 0.25) is 11.8 Å². The maximum Gasteiger partial charge on any atom is 0.243 e. The lowest BCUT2D eigenvalue weighted by Gasteiger charge is -2.09. The Morgan fingerprint density at radius 2 is 1.39 bits per heavy atom. The Labute approximate surface area is 134 Å². The Kier molecular flexibility index (Phi) is 5.57. The summed E-state index contributed by atoms with van der Waals surface area (Å²) in [5.41, 5.74) is 2.19. The molecule has 2 aromatic rings. The number of benzene rings is 2. The number of amides is 2. The highest BCUT2D eigenvalue weighted by atomic mass is 16.5. The molecule has 0 saturated carbocycles. The van der Waals surface area contributed by atoms with Gasteiger partial charge in [0.05, 0.1) is 13.7 Å². The minimum Gasteiger partial charge on any atom is -0.497 e. The molecule has 0 aliphatic carbocycles. The molecule has 3 N–H and O–H groups in total. The number of carbonyl (C=O) groups is 2. The van der Waals surface area contributed by atoms with E-state index in [1.165, 1.54) is 6.92 Å². The zero-order chi connectivity index (χ0) is 16.7. The van der Waals surface area contributed by atoms with Crippen LogP contribution >= 0.6 is 0 Å².